The van der Waals surface area contributed by atoms with Gasteiger partial charge in [0.2, 0.25) is 0 Å². The van der Waals surface area contributed by atoms with E-state index in [1.807, 2.05) is 6.92 Å². The highest BCUT2D eigenvalue weighted by molar-refractivity contribution is 5.85. The summed E-state index contributed by atoms with van der Waals surface area (Å²) in [6, 6.07) is 1.82. The Kier molecular flexibility index (Phi) is 4.95. The van der Waals surface area contributed by atoms with E-state index in [0.717, 1.165) is 18.5 Å². The third-order valence-corrected chi connectivity index (χ3v) is 5.08. The summed E-state index contributed by atoms with van der Waals surface area (Å²) in [6.45, 7) is 1.74. The Morgan fingerprint density at radius 3 is 2.60 bits per heavy atom. The van der Waals surface area contributed by atoms with Gasteiger partial charge >= 0.3 is 0 Å². The first-order valence-electron chi connectivity index (χ1n) is 8.77. The number of nitrogens with one attached hydrogen (secondary N) is 2. The summed E-state index contributed by atoms with van der Waals surface area (Å²) in [5.74, 6) is 0.593. The fourth-order valence-corrected chi connectivity index (χ4v) is 3.68. The van der Waals surface area contributed by atoms with Crippen LogP contribution in [-0.2, 0) is 11.4 Å². The van der Waals surface area contributed by atoms with E-state index >= 15 is 0 Å². The van der Waals surface area contributed by atoms with E-state index in [4.69, 9.17) is 5.11 Å². The second-order valence-electron chi connectivity index (χ2n) is 7.36. The molecule has 2 aliphatic rings. The molecule has 2 saturated carbocycles. The van der Waals surface area contributed by atoms with Crippen LogP contribution in [0.5, 0.6) is 0 Å². The molecule has 1 aromatic rings. The second kappa shape index (κ2) is 6.86. The number of amides is 1. The average molecular weight is 350 g/mol. The molecule has 0 radical (unpaired) electrons. The molecule has 0 saturated heterocycles. The van der Waals surface area contributed by atoms with Gasteiger partial charge in [0.05, 0.1) is 5.60 Å². The highest BCUT2D eigenvalue weighted by Gasteiger charge is 2.45. The molecule has 0 unspecified atom stereocenters. The number of aromatic nitrogens is 2. The van der Waals surface area contributed by atoms with Gasteiger partial charge in [0.15, 0.2) is 5.82 Å². The van der Waals surface area contributed by atoms with Crippen LogP contribution in [0.4, 0.5) is 5.82 Å². The molecule has 0 aliphatic heterocycles. The van der Waals surface area contributed by atoms with Crippen LogP contribution >= 0.6 is 0 Å². The van der Waals surface area contributed by atoms with Crippen LogP contribution in [0.25, 0.3) is 0 Å². The third kappa shape index (κ3) is 4.08. The lowest BCUT2D eigenvalue weighted by atomic mass is 9.75. The van der Waals surface area contributed by atoms with Gasteiger partial charge in [-0.05, 0) is 45.4 Å². The predicted molar refractivity (Wildman–Crippen MR) is 90.7 cm³/mol. The Morgan fingerprint density at radius 2 is 1.96 bits per heavy atom. The van der Waals surface area contributed by atoms with Crippen molar-refractivity contribution in [2.24, 2.45) is 0 Å². The Labute approximate surface area is 146 Å². The van der Waals surface area contributed by atoms with Crippen LogP contribution in [-0.4, -0.2) is 55.0 Å². The number of carbonyl (C=O) groups is 1. The highest BCUT2D eigenvalue weighted by atomic mass is 16.3. The summed E-state index contributed by atoms with van der Waals surface area (Å²) < 4.78 is 0. The molecule has 8 heteroatoms. The number of hydrogen-bond acceptors (Lipinski definition) is 7. The van der Waals surface area contributed by atoms with Crippen molar-refractivity contribution < 1.29 is 20.1 Å². The smallest absolute Gasteiger partial charge is 0.252 e. The lowest BCUT2D eigenvalue weighted by Gasteiger charge is -2.44. The zero-order chi connectivity index (χ0) is 18.1. The van der Waals surface area contributed by atoms with Crippen molar-refractivity contribution in [1.82, 2.24) is 15.3 Å². The molecule has 2 aliphatic carbocycles. The van der Waals surface area contributed by atoms with Crippen LogP contribution in [0.1, 0.15) is 50.0 Å². The van der Waals surface area contributed by atoms with Gasteiger partial charge in [-0.2, -0.15) is 0 Å². The average Bonchev–Trinajstić information content (AvgIpc) is 2.98. The summed E-state index contributed by atoms with van der Waals surface area (Å²) in [6.07, 6.45) is 3.64. The summed E-state index contributed by atoms with van der Waals surface area (Å²) in [7, 11) is 0. The number of nitrogens with zero attached hydrogens (tertiary/aromatic N) is 2. The number of aliphatic hydroxyl groups is 3. The van der Waals surface area contributed by atoms with Crippen LogP contribution in [0.3, 0.4) is 0 Å². The molecular formula is C17H26N4O4. The SMILES string of the molecule is Cc1cc(NC2CC(O)(CNC(=O)C3(O)CCCC3)C2)nc(CO)n1. The number of anilines is 1. The van der Waals surface area contributed by atoms with Crippen molar-refractivity contribution in [2.45, 2.75) is 69.3 Å². The quantitative estimate of drug-likeness (QED) is 0.489. The fraction of sp³-hybridized carbons (Fsp3) is 0.706. The molecule has 5 N–H and O–H groups in total. The molecule has 1 amide bonds. The van der Waals surface area contributed by atoms with Gasteiger partial charge in [-0.25, -0.2) is 9.97 Å². The first-order chi connectivity index (χ1) is 11.8. The molecule has 0 bridgehead atoms. The molecule has 3 rings (SSSR count). The normalized spacial score (nSPS) is 27.6. The fourth-order valence-electron chi connectivity index (χ4n) is 3.68. The van der Waals surface area contributed by atoms with Crippen molar-refractivity contribution >= 4 is 11.7 Å². The van der Waals surface area contributed by atoms with Gasteiger partial charge < -0.3 is 26.0 Å². The zero-order valence-corrected chi connectivity index (χ0v) is 14.5. The number of rotatable bonds is 6. The summed E-state index contributed by atoms with van der Waals surface area (Å²) in [5.41, 5.74) is -1.48. The molecule has 0 spiro atoms. The minimum Gasteiger partial charge on any atom is -0.388 e. The largest absolute Gasteiger partial charge is 0.388 e. The maximum atomic E-state index is 12.1. The molecule has 1 aromatic heterocycles. The molecule has 1 heterocycles. The number of hydrogen-bond donors (Lipinski definition) is 5. The number of aryl methyl sites for hydroxylation is 1. The molecule has 0 aromatic carbocycles. The first-order valence-corrected chi connectivity index (χ1v) is 8.77. The van der Waals surface area contributed by atoms with Gasteiger partial charge in [-0.15, -0.1) is 0 Å². The molecule has 25 heavy (non-hydrogen) atoms. The lowest BCUT2D eigenvalue weighted by Crippen LogP contribution is -2.58. The van der Waals surface area contributed by atoms with Crippen LogP contribution in [0.2, 0.25) is 0 Å². The summed E-state index contributed by atoms with van der Waals surface area (Å²) >= 11 is 0. The molecule has 0 atom stereocenters. The van der Waals surface area contributed by atoms with Crippen LogP contribution in [0, 0.1) is 6.92 Å². The van der Waals surface area contributed by atoms with Crippen molar-refractivity contribution in [3.63, 3.8) is 0 Å². The van der Waals surface area contributed by atoms with Crippen molar-refractivity contribution in [2.75, 3.05) is 11.9 Å². The molecular weight excluding hydrogens is 324 g/mol. The van der Waals surface area contributed by atoms with Gasteiger partial charge in [0.1, 0.15) is 18.0 Å². The van der Waals surface area contributed by atoms with Crippen molar-refractivity contribution in [3.8, 4) is 0 Å². The topological polar surface area (TPSA) is 128 Å². The summed E-state index contributed by atoms with van der Waals surface area (Å²) in [4.78, 5) is 20.4. The van der Waals surface area contributed by atoms with Crippen molar-refractivity contribution in [3.05, 3.63) is 17.6 Å². The van der Waals surface area contributed by atoms with E-state index in [1.54, 1.807) is 6.07 Å². The molecule has 8 nitrogen and oxygen atoms in total. The van der Waals surface area contributed by atoms with Crippen LogP contribution < -0.4 is 10.6 Å². The minimum absolute atomic E-state index is 0.0392. The van der Waals surface area contributed by atoms with E-state index in [0.29, 0.717) is 37.3 Å². The van der Waals surface area contributed by atoms with Gasteiger partial charge in [-0.1, -0.05) is 0 Å². The molecule has 138 valence electrons. The van der Waals surface area contributed by atoms with Gasteiger partial charge in [0.25, 0.3) is 5.91 Å². The zero-order valence-electron chi connectivity index (χ0n) is 14.5. The molecule has 2 fully saturated rings. The Bertz CT molecular complexity index is 640. The monoisotopic (exact) mass is 350 g/mol. The van der Waals surface area contributed by atoms with E-state index < -0.39 is 11.2 Å². The van der Waals surface area contributed by atoms with Crippen molar-refractivity contribution in [1.29, 1.82) is 0 Å². The Balaban J connectivity index is 1.48. The number of aliphatic hydroxyl groups excluding tert-OH is 1. The second-order valence-corrected chi connectivity index (χ2v) is 7.36. The van der Waals surface area contributed by atoms with E-state index in [-0.39, 0.29) is 25.1 Å². The highest BCUT2D eigenvalue weighted by Crippen LogP contribution is 2.34. The Hall–Kier alpha value is -1.77. The van der Waals surface area contributed by atoms with E-state index in [2.05, 4.69) is 20.6 Å². The summed E-state index contributed by atoms with van der Waals surface area (Å²) in [5, 5.41) is 35.8. The maximum absolute atomic E-state index is 12.1. The first kappa shape index (κ1) is 18.0. The Morgan fingerprint density at radius 1 is 1.28 bits per heavy atom. The predicted octanol–water partition coefficient (Wildman–Crippen LogP) is 0.00402. The van der Waals surface area contributed by atoms with E-state index in [1.165, 1.54) is 0 Å². The lowest BCUT2D eigenvalue weighted by molar-refractivity contribution is -0.141. The minimum atomic E-state index is -1.27. The third-order valence-electron chi connectivity index (χ3n) is 5.08. The maximum Gasteiger partial charge on any atom is 0.252 e. The van der Waals surface area contributed by atoms with Crippen LogP contribution in [0.15, 0.2) is 6.07 Å². The van der Waals surface area contributed by atoms with Gasteiger partial charge in [0, 0.05) is 24.3 Å². The van der Waals surface area contributed by atoms with E-state index in [9.17, 15) is 15.0 Å². The number of carbonyl (C=O) groups excluding carboxylic acids is 1. The standard InChI is InChI=1S/C17H26N4O4/c1-11-6-13(21-14(9-22)19-11)20-12-7-16(24,8-12)10-18-15(23)17(25)4-2-3-5-17/h6,12,22,24-25H,2-5,7-10H2,1H3,(H,18,23)(H,19,20,21). The van der Waals surface area contributed by atoms with Gasteiger partial charge in [-0.3, -0.25) is 4.79 Å².